The zero-order chi connectivity index (χ0) is 15.1. The van der Waals surface area contributed by atoms with Gasteiger partial charge in [0.15, 0.2) is 0 Å². The summed E-state index contributed by atoms with van der Waals surface area (Å²) < 4.78 is 5.65. The fourth-order valence-corrected chi connectivity index (χ4v) is 2.58. The molecule has 114 valence electrons. The molecule has 0 atom stereocenters. The highest BCUT2D eigenvalue weighted by atomic mass is 16.5. The zero-order valence-electron chi connectivity index (χ0n) is 13.9. The highest BCUT2D eigenvalue weighted by molar-refractivity contribution is 5.27. The predicted molar refractivity (Wildman–Crippen MR) is 87.1 cm³/mol. The standard InChI is InChI=1S/C18H31NO/c1-13(2)18(14(3)4)12-19-11-16-7-9-17(10-8-16)20-15(5)6/h7-10,13-15,18-19H,11-12H2,1-6H3. The number of hydrogen-bond donors (Lipinski definition) is 1. The van der Waals surface area contributed by atoms with Gasteiger partial charge in [-0.05, 0) is 55.8 Å². The summed E-state index contributed by atoms with van der Waals surface area (Å²) in [6.45, 7) is 15.3. The lowest BCUT2D eigenvalue weighted by Crippen LogP contribution is -2.29. The lowest BCUT2D eigenvalue weighted by atomic mass is 9.85. The van der Waals surface area contributed by atoms with Gasteiger partial charge >= 0.3 is 0 Å². The van der Waals surface area contributed by atoms with E-state index in [4.69, 9.17) is 4.74 Å². The largest absolute Gasteiger partial charge is 0.491 e. The van der Waals surface area contributed by atoms with Crippen molar-refractivity contribution < 1.29 is 4.74 Å². The van der Waals surface area contributed by atoms with Crippen LogP contribution in [0.15, 0.2) is 24.3 Å². The van der Waals surface area contributed by atoms with Gasteiger partial charge in [-0.1, -0.05) is 39.8 Å². The average Bonchev–Trinajstić information content (AvgIpc) is 2.35. The lowest BCUT2D eigenvalue weighted by molar-refractivity contribution is 0.242. The molecule has 1 aromatic carbocycles. The van der Waals surface area contributed by atoms with Gasteiger partial charge in [0, 0.05) is 6.54 Å². The summed E-state index contributed by atoms with van der Waals surface area (Å²) in [7, 11) is 0. The molecule has 0 unspecified atom stereocenters. The number of benzene rings is 1. The molecule has 0 aliphatic rings. The molecule has 0 heterocycles. The van der Waals surface area contributed by atoms with Crippen molar-refractivity contribution in [1.29, 1.82) is 0 Å². The van der Waals surface area contributed by atoms with Crippen LogP contribution in [0.25, 0.3) is 0 Å². The Morgan fingerprint density at radius 1 is 0.900 bits per heavy atom. The predicted octanol–water partition coefficient (Wildman–Crippen LogP) is 4.49. The highest BCUT2D eigenvalue weighted by Crippen LogP contribution is 2.19. The van der Waals surface area contributed by atoms with Gasteiger partial charge in [-0.2, -0.15) is 0 Å². The topological polar surface area (TPSA) is 21.3 Å². The molecule has 0 fully saturated rings. The van der Waals surface area contributed by atoms with Crippen LogP contribution in [0.1, 0.15) is 47.1 Å². The van der Waals surface area contributed by atoms with Crippen LogP contribution in [-0.2, 0) is 6.54 Å². The van der Waals surface area contributed by atoms with E-state index in [9.17, 15) is 0 Å². The van der Waals surface area contributed by atoms with Crippen LogP contribution < -0.4 is 10.1 Å². The molecule has 0 aromatic heterocycles. The van der Waals surface area contributed by atoms with Crippen LogP contribution in [0.3, 0.4) is 0 Å². The van der Waals surface area contributed by atoms with Gasteiger partial charge in [0.25, 0.3) is 0 Å². The van der Waals surface area contributed by atoms with Crippen LogP contribution in [0, 0.1) is 17.8 Å². The van der Waals surface area contributed by atoms with Gasteiger partial charge in [-0.25, -0.2) is 0 Å². The Hall–Kier alpha value is -1.02. The highest BCUT2D eigenvalue weighted by Gasteiger charge is 2.16. The minimum Gasteiger partial charge on any atom is -0.491 e. The normalized spacial score (nSPS) is 11.9. The zero-order valence-corrected chi connectivity index (χ0v) is 13.9. The minimum atomic E-state index is 0.233. The summed E-state index contributed by atoms with van der Waals surface area (Å²) in [5.41, 5.74) is 1.31. The fourth-order valence-electron chi connectivity index (χ4n) is 2.58. The molecule has 0 aliphatic carbocycles. The number of hydrogen-bond acceptors (Lipinski definition) is 2. The number of rotatable bonds is 8. The van der Waals surface area contributed by atoms with Gasteiger partial charge < -0.3 is 10.1 Å². The minimum absolute atomic E-state index is 0.233. The van der Waals surface area contributed by atoms with Gasteiger partial charge in [0.1, 0.15) is 5.75 Å². The summed E-state index contributed by atoms with van der Waals surface area (Å²) in [5, 5.41) is 3.58. The van der Waals surface area contributed by atoms with E-state index in [-0.39, 0.29) is 6.10 Å². The van der Waals surface area contributed by atoms with Gasteiger partial charge in [-0.3, -0.25) is 0 Å². The molecule has 0 amide bonds. The van der Waals surface area contributed by atoms with Crippen molar-refractivity contribution in [2.75, 3.05) is 6.54 Å². The second kappa shape index (κ2) is 8.31. The molecular formula is C18H31NO. The second-order valence-corrected chi connectivity index (χ2v) is 6.59. The molecule has 0 aliphatic heterocycles. The van der Waals surface area contributed by atoms with Gasteiger partial charge in [0.05, 0.1) is 6.10 Å². The van der Waals surface area contributed by atoms with Crippen LogP contribution >= 0.6 is 0 Å². The summed E-state index contributed by atoms with van der Waals surface area (Å²) >= 11 is 0. The van der Waals surface area contributed by atoms with E-state index < -0.39 is 0 Å². The van der Waals surface area contributed by atoms with Gasteiger partial charge in [-0.15, -0.1) is 0 Å². The van der Waals surface area contributed by atoms with Crippen molar-refractivity contribution in [3.05, 3.63) is 29.8 Å². The van der Waals surface area contributed by atoms with Crippen molar-refractivity contribution in [3.63, 3.8) is 0 Å². The first kappa shape index (κ1) is 17.0. The number of ether oxygens (including phenoxy) is 1. The Kier molecular flexibility index (Phi) is 7.08. The van der Waals surface area contributed by atoms with Crippen molar-refractivity contribution in [1.82, 2.24) is 5.32 Å². The van der Waals surface area contributed by atoms with E-state index in [0.29, 0.717) is 0 Å². The van der Waals surface area contributed by atoms with Crippen LogP contribution in [-0.4, -0.2) is 12.6 Å². The second-order valence-electron chi connectivity index (χ2n) is 6.59. The maximum Gasteiger partial charge on any atom is 0.119 e. The average molecular weight is 277 g/mol. The van der Waals surface area contributed by atoms with Crippen molar-refractivity contribution in [3.8, 4) is 5.75 Å². The van der Waals surface area contributed by atoms with E-state index in [1.165, 1.54) is 5.56 Å². The fraction of sp³-hybridized carbons (Fsp3) is 0.667. The van der Waals surface area contributed by atoms with Gasteiger partial charge in [0.2, 0.25) is 0 Å². The molecule has 1 rings (SSSR count). The van der Waals surface area contributed by atoms with Crippen LogP contribution in [0.2, 0.25) is 0 Å². The molecule has 0 spiro atoms. The van der Waals surface area contributed by atoms with E-state index in [0.717, 1.165) is 36.6 Å². The maximum atomic E-state index is 5.65. The third-order valence-corrected chi connectivity index (χ3v) is 3.72. The molecule has 20 heavy (non-hydrogen) atoms. The Morgan fingerprint density at radius 3 is 1.90 bits per heavy atom. The quantitative estimate of drug-likeness (QED) is 0.756. The summed E-state index contributed by atoms with van der Waals surface area (Å²) in [5.74, 6) is 3.14. The summed E-state index contributed by atoms with van der Waals surface area (Å²) in [6, 6.07) is 8.40. The first-order valence-corrected chi connectivity index (χ1v) is 7.86. The molecule has 1 aromatic rings. The SMILES string of the molecule is CC(C)Oc1ccc(CNCC(C(C)C)C(C)C)cc1. The molecule has 2 heteroatoms. The maximum absolute atomic E-state index is 5.65. The van der Waals surface area contributed by atoms with E-state index in [2.05, 4.69) is 57.3 Å². The lowest BCUT2D eigenvalue weighted by Gasteiger charge is -2.25. The molecule has 2 nitrogen and oxygen atoms in total. The molecule has 1 N–H and O–H groups in total. The molecule has 0 saturated heterocycles. The smallest absolute Gasteiger partial charge is 0.119 e. The van der Waals surface area contributed by atoms with Crippen LogP contribution in [0.4, 0.5) is 0 Å². The molecular weight excluding hydrogens is 246 g/mol. The van der Waals surface area contributed by atoms with Crippen molar-refractivity contribution >= 4 is 0 Å². The van der Waals surface area contributed by atoms with E-state index >= 15 is 0 Å². The van der Waals surface area contributed by atoms with E-state index in [1.807, 2.05) is 13.8 Å². The van der Waals surface area contributed by atoms with Crippen LogP contribution in [0.5, 0.6) is 5.75 Å². The van der Waals surface area contributed by atoms with E-state index in [1.54, 1.807) is 0 Å². The van der Waals surface area contributed by atoms with Crippen molar-refractivity contribution in [2.45, 2.75) is 54.2 Å². The molecule has 0 radical (unpaired) electrons. The Labute approximate surface area is 124 Å². The van der Waals surface area contributed by atoms with Crippen molar-refractivity contribution in [2.24, 2.45) is 17.8 Å². The Morgan fingerprint density at radius 2 is 1.45 bits per heavy atom. The third-order valence-electron chi connectivity index (χ3n) is 3.72. The Balaban J connectivity index is 2.42. The molecule has 0 saturated carbocycles. The monoisotopic (exact) mass is 277 g/mol. The molecule has 0 bridgehead atoms. The summed E-state index contributed by atoms with van der Waals surface area (Å²) in [6.07, 6.45) is 0.233. The Bertz CT molecular complexity index is 360. The number of nitrogens with one attached hydrogen (secondary N) is 1. The first-order valence-electron chi connectivity index (χ1n) is 7.86. The first-order chi connectivity index (χ1) is 9.40. The summed E-state index contributed by atoms with van der Waals surface area (Å²) in [4.78, 5) is 0. The third kappa shape index (κ3) is 5.96.